The first-order valence-electron chi connectivity index (χ1n) is 7.01. The van der Waals surface area contributed by atoms with Gasteiger partial charge in [-0.15, -0.1) is 0 Å². The molecule has 2 amide bonds. The molecule has 2 fully saturated rings. The first-order chi connectivity index (χ1) is 9.62. The molecule has 1 aliphatic carbocycles. The fourth-order valence-corrected chi connectivity index (χ4v) is 3.28. The van der Waals surface area contributed by atoms with Crippen LogP contribution in [0, 0.1) is 0 Å². The van der Waals surface area contributed by atoms with Gasteiger partial charge in [0.1, 0.15) is 0 Å². The van der Waals surface area contributed by atoms with E-state index >= 15 is 0 Å². The van der Waals surface area contributed by atoms with Crippen molar-refractivity contribution < 1.29 is 9.59 Å². The van der Waals surface area contributed by atoms with Gasteiger partial charge in [-0.25, -0.2) is 5.01 Å². The molecule has 1 saturated heterocycles. The average Bonchev–Trinajstić information content (AvgIpc) is 3.01. The first kappa shape index (κ1) is 12.9. The molecule has 0 unspecified atom stereocenters. The van der Waals surface area contributed by atoms with E-state index < -0.39 is 0 Å². The van der Waals surface area contributed by atoms with Crippen molar-refractivity contribution in [1.29, 1.82) is 0 Å². The van der Waals surface area contributed by atoms with Gasteiger partial charge in [-0.1, -0.05) is 37.6 Å². The van der Waals surface area contributed by atoms with Crippen LogP contribution in [-0.2, 0) is 4.79 Å². The molecule has 1 heterocycles. The Bertz CT molecular complexity index is 559. The molecule has 1 aromatic rings. The lowest BCUT2D eigenvalue weighted by atomic mass is 9.94. The van der Waals surface area contributed by atoms with E-state index in [2.05, 4.69) is 12.0 Å². The van der Waals surface area contributed by atoms with Crippen molar-refractivity contribution in [3.05, 3.63) is 48.0 Å². The van der Waals surface area contributed by atoms with Crippen LogP contribution in [0.2, 0.25) is 0 Å². The summed E-state index contributed by atoms with van der Waals surface area (Å²) in [6.45, 7) is 3.84. The van der Waals surface area contributed by atoms with Crippen LogP contribution in [0.3, 0.4) is 0 Å². The third-order valence-corrected chi connectivity index (χ3v) is 4.31. The SMILES string of the molecule is C=C1CC2(CCCC2)N(NC(=O)c2ccccc2)C1=O. The molecule has 3 rings (SSSR count). The number of nitrogens with one attached hydrogen (secondary N) is 1. The molecular formula is C16H18N2O2. The quantitative estimate of drug-likeness (QED) is 0.839. The smallest absolute Gasteiger partial charge is 0.268 e. The van der Waals surface area contributed by atoms with Crippen molar-refractivity contribution in [2.45, 2.75) is 37.6 Å². The zero-order valence-electron chi connectivity index (χ0n) is 11.4. The van der Waals surface area contributed by atoms with Crippen molar-refractivity contribution in [1.82, 2.24) is 10.4 Å². The van der Waals surface area contributed by atoms with E-state index in [0.29, 0.717) is 17.6 Å². The Morgan fingerprint density at radius 1 is 1.20 bits per heavy atom. The fourth-order valence-electron chi connectivity index (χ4n) is 3.28. The van der Waals surface area contributed by atoms with Crippen molar-refractivity contribution in [2.24, 2.45) is 0 Å². The largest absolute Gasteiger partial charge is 0.269 e. The average molecular weight is 270 g/mol. The lowest BCUT2D eigenvalue weighted by molar-refractivity contribution is -0.131. The van der Waals surface area contributed by atoms with E-state index in [0.717, 1.165) is 25.7 Å². The molecule has 104 valence electrons. The summed E-state index contributed by atoms with van der Waals surface area (Å²) in [6, 6.07) is 8.96. The number of benzene rings is 1. The van der Waals surface area contributed by atoms with E-state index in [1.54, 1.807) is 12.1 Å². The van der Waals surface area contributed by atoms with Gasteiger partial charge < -0.3 is 0 Å². The number of carbonyl (C=O) groups excluding carboxylic acids is 2. The van der Waals surface area contributed by atoms with Crippen LogP contribution in [-0.4, -0.2) is 22.4 Å². The summed E-state index contributed by atoms with van der Waals surface area (Å²) in [4.78, 5) is 24.5. The standard InChI is InChI=1S/C16H18N2O2/c1-12-11-16(9-5-6-10-16)18(15(12)20)17-14(19)13-7-3-2-4-8-13/h2-4,7-8H,1,5-6,9-11H2,(H,17,19). The van der Waals surface area contributed by atoms with Gasteiger partial charge in [0.2, 0.25) is 0 Å². The van der Waals surface area contributed by atoms with E-state index in [1.165, 1.54) is 5.01 Å². The highest BCUT2D eigenvalue weighted by Crippen LogP contribution is 2.44. The van der Waals surface area contributed by atoms with Crippen LogP contribution in [0.5, 0.6) is 0 Å². The summed E-state index contributed by atoms with van der Waals surface area (Å²) in [6.07, 6.45) is 4.73. The third-order valence-electron chi connectivity index (χ3n) is 4.31. The summed E-state index contributed by atoms with van der Waals surface area (Å²) in [5.74, 6) is -0.379. The van der Waals surface area contributed by atoms with Gasteiger partial charge >= 0.3 is 0 Å². The second-order valence-electron chi connectivity index (χ2n) is 5.66. The molecule has 1 aliphatic heterocycles. The number of hydrogen-bond acceptors (Lipinski definition) is 2. The Morgan fingerprint density at radius 3 is 2.50 bits per heavy atom. The highest BCUT2D eigenvalue weighted by atomic mass is 16.2. The molecule has 0 bridgehead atoms. The van der Waals surface area contributed by atoms with Gasteiger partial charge in [0.25, 0.3) is 11.8 Å². The molecule has 0 radical (unpaired) electrons. The normalized spacial score (nSPS) is 20.7. The van der Waals surface area contributed by atoms with E-state index in [-0.39, 0.29) is 17.4 Å². The Balaban J connectivity index is 1.83. The summed E-state index contributed by atoms with van der Waals surface area (Å²) >= 11 is 0. The Hall–Kier alpha value is -2.10. The third kappa shape index (κ3) is 2.01. The fraction of sp³-hybridized carbons (Fsp3) is 0.375. The van der Waals surface area contributed by atoms with Gasteiger partial charge in [-0.2, -0.15) is 0 Å². The lowest BCUT2D eigenvalue weighted by Gasteiger charge is -2.34. The second kappa shape index (κ2) is 4.78. The maximum absolute atomic E-state index is 12.3. The number of rotatable bonds is 2. The predicted octanol–water partition coefficient (Wildman–Crippen LogP) is 2.43. The number of nitrogens with zero attached hydrogens (tertiary/aromatic N) is 1. The first-order valence-corrected chi connectivity index (χ1v) is 7.01. The predicted molar refractivity (Wildman–Crippen MR) is 75.7 cm³/mol. The lowest BCUT2D eigenvalue weighted by Crippen LogP contribution is -2.54. The molecule has 0 atom stereocenters. The van der Waals surface area contributed by atoms with Gasteiger partial charge in [-0.3, -0.25) is 15.0 Å². The number of hydrogen-bond donors (Lipinski definition) is 1. The maximum atomic E-state index is 12.3. The minimum absolute atomic E-state index is 0.142. The molecule has 0 aromatic heterocycles. The summed E-state index contributed by atoms with van der Waals surface area (Å²) in [5.41, 5.74) is 3.71. The zero-order valence-corrected chi connectivity index (χ0v) is 11.4. The monoisotopic (exact) mass is 270 g/mol. The van der Waals surface area contributed by atoms with Gasteiger partial charge in [-0.05, 0) is 25.0 Å². The number of amides is 2. The Labute approximate surface area is 118 Å². The number of hydrazine groups is 1. The molecule has 1 N–H and O–H groups in total. The summed E-state index contributed by atoms with van der Waals surface area (Å²) in [5, 5.41) is 1.54. The molecule has 4 nitrogen and oxygen atoms in total. The maximum Gasteiger partial charge on any atom is 0.269 e. The Morgan fingerprint density at radius 2 is 1.85 bits per heavy atom. The van der Waals surface area contributed by atoms with Crippen LogP contribution >= 0.6 is 0 Å². The highest BCUT2D eigenvalue weighted by Gasteiger charge is 2.49. The minimum Gasteiger partial charge on any atom is -0.268 e. The topological polar surface area (TPSA) is 49.4 Å². The number of carbonyl (C=O) groups is 2. The van der Waals surface area contributed by atoms with Crippen LogP contribution in [0.1, 0.15) is 42.5 Å². The van der Waals surface area contributed by atoms with Crippen molar-refractivity contribution in [3.63, 3.8) is 0 Å². The van der Waals surface area contributed by atoms with Gasteiger partial charge in [0.05, 0.1) is 5.54 Å². The van der Waals surface area contributed by atoms with Crippen LogP contribution < -0.4 is 5.43 Å². The molecule has 1 spiro atoms. The van der Waals surface area contributed by atoms with Crippen molar-refractivity contribution in [3.8, 4) is 0 Å². The molecule has 1 aromatic carbocycles. The molecular weight excluding hydrogens is 252 g/mol. The second-order valence-corrected chi connectivity index (χ2v) is 5.66. The highest BCUT2D eigenvalue weighted by molar-refractivity contribution is 6.00. The van der Waals surface area contributed by atoms with Crippen LogP contribution in [0.15, 0.2) is 42.5 Å². The van der Waals surface area contributed by atoms with E-state index in [1.807, 2.05) is 18.2 Å². The van der Waals surface area contributed by atoms with Crippen LogP contribution in [0.25, 0.3) is 0 Å². The van der Waals surface area contributed by atoms with Gasteiger partial charge in [0, 0.05) is 17.6 Å². The van der Waals surface area contributed by atoms with Crippen molar-refractivity contribution >= 4 is 11.8 Å². The molecule has 1 saturated carbocycles. The molecule has 4 heteroatoms. The molecule has 20 heavy (non-hydrogen) atoms. The van der Waals surface area contributed by atoms with Gasteiger partial charge in [0.15, 0.2) is 0 Å². The minimum atomic E-state index is -0.237. The molecule has 2 aliphatic rings. The van der Waals surface area contributed by atoms with E-state index in [9.17, 15) is 9.59 Å². The summed E-state index contributed by atoms with van der Waals surface area (Å²) in [7, 11) is 0. The van der Waals surface area contributed by atoms with E-state index in [4.69, 9.17) is 0 Å². The van der Waals surface area contributed by atoms with Crippen LogP contribution in [0.4, 0.5) is 0 Å². The van der Waals surface area contributed by atoms with Crippen molar-refractivity contribution in [2.75, 3.05) is 0 Å². The Kier molecular flexibility index (Phi) is 3.08. The summed E-state index contributed by atoms with van der Waals surface area (Å²) < 4.78 is 0. The zero-order chi connectivity index (χ0) is 14.2.